The van der Waals surface area contributed by atoms with Crippen molar-refractivity contribution in [2.45, 2.75) is 31.7 Å². The Kier molecular flexibility index (Phi) is 1.84. The molecule has 0 aromatic carbocycles. The van der Waals surface area contributed by atoms with Crippen molar-refractivity contribution in [3.63, 3.8) is 0 Å². The molecule has 14 heavy (non-hydrogen) atoms. The van der Waals surface area contributed by atoms with Gasteiger partial charge in [0.1, 0.15) is 0 Å². The van der Waals surface area contributed by atoms with Crippen LogP contribution in [0.25, 0.3) is 0 Å². The first-order valence-electron chi connectivity index (χ1n) is 5.72. The molecule has 4 aliphatic rings. The van der Waals surface area contributed by atoms with E-state index >= 15 is 0 Å². The van der Waals surface area contributed by atoms with Crippen LogP contribution >= 0.6 is 0 Å². The Labute approximate surface area is 84.1 Å². The zero-order chi connectivity index (χ0) is 9.71. The van der Waals surface area contributed by atoms with Gasteiger partial charge in [-0.05, 0) is 50.6 Å². The second-order valence-electron chi connectivity index (χ2n) is 5.11. The van der Waals surface area contributed by atoms with E-state index in [0.29, 0.717) is 12.0 Å². The molecule has 3 saturated heterocycles. The van der Waals surface area contributed by atoms with Crippen LogP contribution in [-0.2, 0) is 4.79 Å². The molecule has 3 nitrogen and oxygen atoms in total. The van der Waals surface area contributed by atoms with Gasteiger partial charge in [-0.3, -0.25) is 4.79 Å². The third kappa shape index (κ3) is 1.11. The predicted octanol–water partition coefficient (Wildman–Crippen LogP) is 1.19. The fourth-order valence-corrected chi connectivity index (χ4v) is 3.86. The molecule has 1 saturated carbocycles. The molecule has 0 aromatic heterocycles. The van der Waals surface area contributed by atoms with Gasteiger partial charge in [0.25, 0.3) is 0 Å². The molecular formula is C11H17NO2. The second kappa shape index (κ2) is 2.96. The first-order chi connectivity index (χ1) is 6.75. The summed E-state index contributed by atoms with van der Waals surface area (Å²) in [7, 11) is 0. The number of aliphatic carboxylic acids is 1. The Morgan fingerprint density at radius 1 is 1.21 bits per heavy atom. The quantitative estimate of drug-likeness (QED) is 0.683. The van der Waals surface area contributed by atoms with E-state index in [0.717, 1.165) is 18.8 Å². The third-order valence-electron chi connectivity index (χ3n) is 4.57. The van der Waals surface area contributed by atoms with E-state index < -0.39 is 5.97 Å². The van der Waals surface area contributed by atoms with Gasteiger partial charge in [-0.15, -0.1) is 0 Å². The summed E-state index contributed by atoms with van der Waals surface area (Å²) in [4.78, 5) is 13.5. The Morgan fingerprint density at radius 3 is 2.50 bits per heavy atom. The molecule has 0 radical (unpaired) electrons. The zero-order valence-electron chi connectivity index (χ0n) is 8.35. The van der Waals surface area contributed by atoms with E-state index in [2.05, 4.69) is 4.90 Å². The summed E-state index contributed by atoms with van der Waals surface area (Å²) in [5, 5.41) is 9.03. The maximum atomic E-state index is 11.0. The maximum absolute atomic E-state index is 11.0. The van der Waals surface area contributed by atoms with Crippen LogP contribution in [0.3, 0.4) is 0 Å². The highest BCUT2D eigenvalue weighted by Crippen LogP contribution is 2.47. The number of carboxylic acid groups (broad SMARTS) is 1. The number of carboxylic acids is 1. The van der Waals surface area contributed by atoms with Gasteiger partial charge in [-0.2, -0.15) is 0 Å². The lowest BCUT2D eigenvalue weighted by Crippen LogP contribution is -2.52. The molecule has 4 rings (SSSR count). The molecule has 2 bridgehead atoms. The largest absolute Gasteiger partial charge is 0.481 e. The predicted molar refractivity (Wildman–Crippen MR) is 51.9 cm³/mol. The molecule has 0 aromatic rings. The number of nitrogens with zero attached hydrogens (tertiary/aromatic N) is 1. The van der Waals surface area contributed by atoms with Crippen molar-refractivity contribution < 1.29 is 9.90 Å². The minimum Gasteiger partial charge on any atom is -0.481 e. The number of carbonyl (C=O) groups is 1. The summed E-state index contributed by atoms with van der Waals surface area (Å²) in [6.07, 6.45) is 4.48. The van der Waals surface area contributed by atoms with E-state index in [-0.39, 0.29) is 5.92 Å². The van der Waals surface area contributed by atoms with Gasteiger partial charge < -0.3 is 10.0 Å². The first-order valence-corrected chi connectivity index (χ1v) is 5.72. The summed E-state index contributed by atoms with van der Waals surface area (Å²) in [6, 6.07) is 0.614. The molecule has 3 heteroatoms. The van der Waals surface area contributed by atoms with Crippen LogP contribution in [0.2, 0.25) is 0 Å². The van der Waals surface area contributed by atoms with Crippen LogP contribution in [-0.4, -0.2) is 35.1 Å². The lowest BCUT2D eigenvalue weighted by molar-refractivity contribution is -0.141. The van der Waals surface area contributed by atoms with Crippen LogP contribution in [0.15, 0.2) is 0 Å². The van der Waals surface area contributed by atoms with Gasteiger partial charge in [-0.1, -0.05) is 0 Å². The third-order valence-corrected chi connectivity index (χ3v) is 4.57. The Hall–Kier alpha value is -0.570. The van der Waals surface area contributed by atoms with E-state index in [1.165, 1.54) is 25.9 Å². The lowest BCUT2D eigenvalue weighted by Gasteiger charge is -2.48. The summed E-state index contributed by atoms with van der Waals surface area (Å²) in [5.74, 6) is 0.930. The van der Waals surface area contributed by atoms with E-state index in [1.54, 1.807) is 0 Å². The smallest absolute Gasteiger partial charge is 0.306 e. The van der Waals surface area contributed by atoms with Crippen molar-refractivity contribution in [3.05, 3.63) is 0 Å². The highest BCUT2D eigenvalue weighted by molar-refractivity contribution is 5.70. The maximum Gasteiger partial charge on any atom is 0.306 e. The summed E-state index contributed by atoms with van der Waals surface area (Å²) < 4.78 is 0. The van der Waals surface area contributed by atoms with Crippen molar-refractivity contribution in [2.24, 2.45) is 17.8 Å². The number of hydrogen-bond acceptors (Lipinski definition) is 2. The molecule has 3 unspecified atom stereocenters. The monoisotopic (exact) mass is 195 g/mol. The van der Waals surface area contributed by atoms with Crippen LogP contribution in [0.1, 0.15) is 25.7 Å². The summed E-state index contributed by atoms with van der Waals surface area (Å²) in [5.41, 5.74) is 0. The fourth-order valence-electron chi connectivity index (χ4n) is 3.86. The highest BCUT2D eigenvalue weighted by Gasteiger charge is 2.49. The first kappa shape index (κ1) is 8.72. The average molecular weight is 195 g/mol. The fraction of sp³-hybridized carbons (Fsp3) is 0.909. The van der Waals surface area contributed by atoms with Crippen LogP contribution in [0.5, 0.6) is 0 Å². The number of rotatable bonds is 1. The van der Waals surface area contributed by atoms with Crippen molar-refractivity contribution in [1.29, 1.82) is 0 Å². The van der Waals surface area contributed by atoms with Gasteiger partial charge in [-0.25, -0.2) is 0 Å². The molecular weight excluding hydrogens is 178 g/mol. The van der Waals surface area contributed by atoms with Crippen LogP contribution < -0.4 is 0 Å². The number of fused-ring (bicyclic) bond motifs is 2. The Balaban J connectivity index is 1.81. The zero-order valence-corrected chi connectivity index (χ0v) is 8.35. The normalized spacial score (nSPS) is 50.4. The standard InChI is InChI=1S/C11H17NO2/c13-11(14)8-5-9-7-1-3-12(4-2-7)10(9)6-8/h7-10H,1-6H2,(H,13,14). The van der Waals surface area contributed by atoms with E-state index in [1.807, 2.05) is 0 Å². The van der Waals surface area contributed by atoms with Crippen molar-refractivity contribution in [3.8, 4) is 0 Å². The molecule has 1 aliphatic carbocycles. The molecule has 0 spiro atoms. The Morgan fingerprint density at radius 2 is 1.93 bits per heavy atom. The summed E-state index contributed by atoms with van der Waals surface area (Å²) >= 11 is 0. The molecule has 78 valence electrons. The van der Waals surface area contributed by atoms with Crippen molar-refractivity contribution >= 4 is 5.97 Å². The molecule has 4 fully saturated rings. The number of piperidine rings is 3. The van der Waals surface area contributed by atoms with Gasteiger partial charge in [0.2, 0.25) is 0 Å². The molecule has 1 N–H and O–H groups in total. The molecule has 3 heterocycles. The van der Waals surface area contributed by atoms with E-state index in [4.69, 9.17) is 5.11 Å². The van der Waals surface area contributed by atoms with Crippen molar-refractivity contribution in [1.82, 2.24) is 4.90 Å². The minimum absolute atomic E-state index is 0.0498. The van der Waals surface area contributed by atoms with Crippen LogP contribution in [0, 0.1) is 17.8 Å². The van der Waals surface area contributed by atoms with Crippen molar-refractivity contribution in [2.75, 3.05) is 13.1 Å². The second-order valence-corrected chi connectivity index (χ2v) is 5.11. The van der Waals surface area contributed by atoms with Gasteiger partial charge in [0, 0.05) is 6.04 Å². The summed E-state index contributed by atoms with van der Waals surface area (Å²) in [6.45, 7) is 2.44. The van der Waals surface area contributed by atoms with E-state index in [9.17, 15) is 4.79 Å². The topological polar surface area (TPSA) is 40.5 Å². The van der Waals surface area contributed by atoms with Gasteiger partial charge in [0.05, 0.1) is 5.92 Å². The highest BCUT2D eigenvalue weighted by atomic mass is 16.4. The Bertz CT molecular complexity index is 238. The SMILES string of the molecule is O=C(O)C1CC2C3CCN(CC3)C2C1. The van der Waals surface area contributed by atoms with Gasteiger partial charge in [0.15, 0.2) is 0 Å². The molecule has 3 aliphatic heterocycles. The minimum atomic E-state index is -0.569. The number of hydrogen-bond donors (Lipinski definition) is 1. The van der Waals surface area contributed by atoms with Crippen LogP contribution in [0.4, 0.5) is 0 Å². The average Bonchev–Trinajstić information content (AvgIpc) is 2.65. The molecule has 0 amide bonds. The molecule has 3 atom stereocenters. The lowest BCUT2D eigenvalue weighted by atomic mass is 9.75. The van der Waals surface area contributed by atoms with Gasteiger partial charge >= 0.3 is 5.97 Å².